The number of aryl methyl sites for hydroxylation is 2. The fraction of sp³-hybridized carbons (Fsp3) is 0.300. The molecule has 3 N–H and O–H groups in total. The first-order valence-electron chi connectivity index (χ1n) is 9.63. The lowest BCUT2D eigenvalue weighted by atomic mass is 10.1. The molecule has 30 heavy (non-hydrogen) atoms. The molecule has 0 saturated carbocycles. The van der Waals surface area contributed by atoms with Crippen molar-refractivity contribution in [2.24, 2.45) is 0 Å². The Morgan fingerprint density at radius 3 is 2.60 bits per heavy atom. The van der Waals surface area contributed by atoms with Gasteiger partial charge in [-0.25, -0.2) is 14.8 Å². The van der Waals surface area contributed by atoms with E-state index in [-0.39, 0.29) is 23.5 Å². The van der Waals surface area contributed by atoms with Crippen molar-refractivity contribution < 1.29 is 8.81 Å². The molecular weight excluding hydrogens is 391 g/mol. The molecule has 1 aromatic carbocycles. The number of benzene rings is 1. The summed E-state index contributed by atoms with van der Waals surface area (Å²) < 4.78 is 20.6. The summed E-state index contributed by atoms with van der Waals surface area (Å²) in [7, 11) is 0. The van der Waals surface area contributed by atoms with Crippen LogP contribution in [-0.2, 0) is 25.9 Å². The molecule has 9 nitrogen and oxygen atoms in total. The zero-order chi connectivity index (χ0) is 21.3. The van der Waals surface area contributed by atoms with Crippen molar-refractivity contribution in [2.45, 2.75) is 39.3 Å². The lowest BCUT2D eigenvalue weighted by Crippen LogP contribution is -2.40. The Kier molecular flexibility index (Phi) is 5.21. The van der Waals surface area contributed by atoms with Gasteiger partial charge in [-0.15, -0.1) is 0 Å². The first-order valence-corrected chi connectivity index (χ1v) is 9.63. The number of aromatic nitrogens is 5. The maximum Gasteiger partial charge on any atom is 0.332 e. The van der Waals surface area contributed by atoms with Gasteiger partial charge in [-0.3, -0.25) is 13.9 Å². The van der Waals surface area contributed by atoms with E-state index in [0.29, 0.717) is 37.4 Å². The van der Waals surface area contributed by atoms with Crippen LogP contribution in [-0.4, -0.2) is 24.1 Å². The minimum absolute atomic E-state index is 0.0674. The summed E-state index contributed by atoms with van der Waals surface area (Å²) in [5.41, 5.74) is 7.03. The van der Waals surface area contributed by atoms with E-state index in [1.54, 1.807) is 12.1 Å². The van der Waals surface area contributed by atoms with Gasteiger partial charge in [0.25, 0.3) is 11.6 Å². The number of halogens is 1. The van der Waals surface area contributed by atoms with Gasteiger partial charge >= 0.3 is 5.69 Å². The highest BCUT2D eigenvalue weighted by Crippen LogP contribution is 2.12. The number of nitrogen functional groups attached to an aromatic ring is 1. The van der Waals surface area contributed by atoms with Gasteiger partial charge in [-0.1, -0.05) is 19.1 Å². The third-order valence-corrected chi connectivity index (χ3v) is 4.81. The summed E-state index contributed by atoms with van der Waals surface area (Å²) in [5, 5.41) is 0. The maximum atomic E-state index is 13.1. The van der Waals surface area contributed by atoms with Crippen molar-refractivity contribution in [2.75, 3.05) is 5.73 Å². The molecule has 0 aliphatic carbocycles. The van der Waals surface area contributed by atoms with Crippen molar-refractivity contribution in [3.63, 3.8) is 0 Å². The summed E-state index contributed by atoms with van der Waals surface area (Å²) in [6, 6.07) is 6.59. The normalized spacial score (nSPS) is 11.4. The highest BCUT2D eigenvalue weighted by Gasteiger charge is 2.18. The molecule has 0 saturated heterocycles. The summed E-state index contributed by atoms with van der Waals surface area (Å²) in [4.78, 5) is 37.0. The van der Waals surface area contributed by atoms with E-state index < -0.39 is 17.3 Å². The first kappa shape index (κ1) is 19.6. The predicted octanol–water partition coefficient (Wildman–Crippen LogP) is 1.84. The number of fused-ring (bicyclic) bond motifs is 1. The van der Waals surface area contributed by atoms with Gasteiger partial charge in [0.15, 0.2) is 5.65 Å². The highest BCUT2D eigenvalue weighted by molar-refractivity contribution is 5.70. The third kappa shape index (κ3) is 3.76. The fourth-order valence-electron chi connectivity index (χ4n) is 3.36. The molecule has 0 aliphatic heterocycles. The number of nitrogens with two attached hydrogens (primary N) is 1. The molecule has 0 spiro atoms. The molecule has 0 fully saturated rings. The second kappa shape index (κ2) is 7.97. The highest BCUT2D eigenvalue weighted by atomic mass is 19.1. The van der Waals surface area contributed by atoms with Crippen LogP contribution in [0.1, 0.15) is 30.6 Å². The number of H-pyrrole nitrogens is 1. The maximum absolute atomic E-state index is 13.1. The second-order valence-electron chi connectivity index (χ2n) is 7.00. The quantitative estimate of drug-likeness (QED) is 0.446. The van der Waals surface area contributed by atoms with Gasteiger partial charge in [0.1, 0.15) is 17.5 Å². The number of imidazole rings is 1. The Labute approximate surface area is 170 Å². The minimum Gasteiger partial charge on any atom is -0.415 e. The van der Waals surface area contributed by atoms with Crippen LogP contribution in [0.2, 0.25) is 0 Å². The standard InChI is InChI=1S/C20H21FN6O3/c1-2-8-27-19(28)17-18(25-15(24-17)10-16-23-11-14(21)30-16)26(20(27)29)9-7-12-3-5-13(22)6-4-12/h3-6,11H,2,7-10,22H2,1H3,(H,24,25). The predicted molar refractivity (Wildman–Crippen MR) is 109 cm³/mol. The van der Waals surface area contributed by atoms with E-state index >= 15 is 0 Å². The summed E-state index contributed by atoms with van der Waals surface area (Å²) >= 11 is 0. The Hall–Kier alpha value is -3.69. The number of oxazole rings is 1. The molecule has 0 aliphatic rings. The van der Waals surface area contributed by atoms with E-state index in [2.05, 4.69) is 15.0 Å². The third-order valence-electron chi connectivity index (χ3n) is 4.81. The van der Waals surface area contributed by atoms with Gasteiger partial charge < -0.3 is 15.1 Å². The lowest BCUT2D eigenvalue weighted by molar-refractivity contribution is 0.337. The van der Waals surface area contributed by atoms with Crippen LogP contribution in [0.3, 0.4) is 0 Å². The summed E-state index contributed by atoms with van der Waals surface area (Å²) in [6.07, 6.45) is 2.23. The zero-order valence-electron chi connectivity index (χ0n) is 16.4. The van der Waals surface area contributed by atoms with E-state index in [1.807, 2.05) is 19.1 Å². The van der Waals surface area contributed by atoms with E-state index in [0.717, 1.165) is 11.8 Å². The number of hydrogen-bond donors (Lipinski definition) is 2. The number of aromatic amines is 1. The summed E-state index contributed by atoms with van der Waals surface area (Å²) in [6.45, 7) is 2.53. The average Bonchev–Trinajstić information content (AvgIpc) is 3.33. The van der Waals surface area contributed by atoms with Crippen LogP contribution in [0.15, 0.2) is 44.5 Å². The Morgan fingerprint density at radius 2 is 1.93 bits per heavy atom. The average molecular weight is 412 g/mol. The van der Waals surface area contributed by atoms with Crippen molar-refractivity contribution in [1.29, 1.82) is 0 Å². The van der Waals surface area contributed by atoms with Crippen LogP contribution < -0.4 is 17.0 Å². The minimum atomic E-state index is -0.799. The number of nitrogens with zero attached hydrogens (tertiary/aromatic N) is 4. The molecule has 156 valence electrons. The second-order valence-corrected chi connectivity index (χ2v) is 7.00. The van der Waals surface area contributed by atoms with E-state index in [1.165, 1.54) is 9.13 Å². The Morgan fingerprint density at radius 1 is 1.17 bits per heavy atom. The van der Waals surface area contributed by atoms with Crippen LogP contribution in [0, 0.1) is 6.01 Å². The van der Waals surface area contributed by atoms with E-state index in [4.69, 9.17) is 10.2 Å². The fourth-order valence-corrected chi connectivity index (χ4v) is 3.36. The Bertz CT molecular complexity index is 1300. The number of rotatable bonds is 7. The number of nitrogens with one attached hydrogen (secondary N) is 1. The molecule has 0 radical (unpaired) electrons. The van der Waals surface area contributed by atoms with Crippen molar-refractivity contribution in [3.05, 3.63) is 74.6 Å². The number of anilines is 1. The molecule has 0 amide bonds. The van der Waals surface area contributed by atoms with Gasteiger partial charge in [-0.2, -0.15) is 4.39 Å². The largest absolute Gasteiger partial charge is 0.415 e. The van der Waals surface area contributed by atoms with Crippen LogP contribution >= 0.6 is 0 Å². The SMILES string of the molecule is CCCn1c(=O)c2[nH]c(Cc3ncc(F)o3)nc2n(CCc2ccc(N)cc2)c1=O. The molecule has 4 rings (SSSR count). The van der Waals surface area contributed by atoms with Gasteiger partial charge in [-0.05, 0) is 30.5 Å². The topological polar surface area (TPSA) is 125 Å². The molecule has 4 aromatic rings. The van der Waals surface area contributed by atoms with Crippen molar-refractivity contribution in [1.82, 2.24) is 24.1 Å². The zero-order valence-corrected chi connectivity index (χ0v) is 16.4. The number of hydrogen-bond acceptors (Lipinski definition) is 6. The van der Waals surface area contributed by atoms with Crippen LogP contribution in [0.4, 0.5) is 10.1 Å². The van der Waals surface area contributed by atoms with Gasteiger partial charge in [0.05, 0.1) is 6.42 Å². The molecule has 0 unspecified atom stereocenters. The molecule has 0 atom stereocenters. The van der Waals surface area contributed by atoms with Crippen molar-refractivity contribution in [3.8, 4) is 0 Å². The van der Waals surface area contributed by atoms with Crippen molar-refractivity contribution >= 4 is 16.9 Å². The van der Waals surface area contributed by atoms with Gasteiger partial charge in [0.2, 0.25) is 5.89 Å². The van der Waals surface area contributed by atoms with Gasteiger partial charge in [0, 0.05) is 18.8 Å². The van der Waals surface area contributed by atoms with Crippen LogP contribution in [0.25, 0.3) is 11.2 Å². The molecule has 10 heteroatoms. The van der Waals surface area contributed by atoms with Crippen LogP contribution in [0.5, 0.6) is 0 Å². The van der Waals surface area contributed by atoms with E-state index in [9.17, 15) is 14.0 Å². The molecule has 3 aromatic heterocycles. The Balaban J connectivity index is 1.76. The molecular formula is C20H21FN6O3. The lowest BCUT2D eigenvalue weighted by Gasteiger charge is -2.11. The first-order chi connectivity index (χ1) is 14.5. The molecule has 0 bridgehead atoms. The molecule has 3 heterocycles. The summed E-state index contributed by atoms with van der Waals surface area (Å²) in [5.74, 6) is 0.482. The monoisotopic (exact) mass is 412 g/mol. The smallest absolute Gasteiger partial charge is 0.332 e.